The fourth-order valence-corrected chi connectivity index (χ4v) is 8.74. The second-order valence-corrected chi connectivity index (χ2v) is 9.87. The Bertz CT molecular complexity index is 563. The lowest BCUT2D eigenvalue weighted by Crippen LogP contribution is -2.53. The molecule has 4 bridgehead atoms. The summed E-state index contributed by atoms with van der Waals surface area (Å²) in [5, 5.41) is 21.1. The van der Waals surface area contributed by atoms with Crippen LogP contribution in [0.4, 0.5) is 0 Å². The van der Waals surface area contributed by atoms with E-state index in [1.807, 2.05) is 0 Å². The molecule has 7 fully saturated rings. The molecule has 0 radical (unpaired) electrons. The van der Waals surface area contributed by atoms with Gasteiger partial charge in [0.1, 0.15) is 0 Å². The molecule has 0 amide bonds. The van der Waals surface area contributed by atoms with Gasteiger partial charge in [0.2, 0.25) is 0 Å². The van der Waals surface area contributed by atoms with Crippen molar-refractivity contribution in [2.24, 2.45) is 34.0 Å². The van der Waals surface area contributed by atoms with Gasteiger partial charge in [-0.15, -0.1) is 0 Å². The number of aliphatic hydroxyl groups excluding tert-OH is 1. The number of rotatable bonds is 0. The van der Waals surface area contributed by atoms with E-state index >= 15 is 0 Å². The van der Waals surface area contributed by atoms with Crippen LogP contribution in [-0.4, -0.2) is 28.2 Å². The van der Waals surface area contributed by atoms with Crippen molar-refractivity contribution < 1.29 is 14.9 Å². The number of hydrogen-bond acceptors (Lipinski definition) is 3. The topological polar surface area (TPSA) is 49.7 Å². The summed E-state index contributed by atoms with van der Waals surface area (Å²) in [7, 11) is 0. The SMILES string of the molecule is C[C@]12CC[C@H]3[C@@H](CC[C@@]45C[C@@]6(O)CC[C@@]34[C@H]5O6)[C@@H]1CC[C@@H]2O. The van der Waals surface area contributed by atoms with Crippen LogP contribution < -0.4 is 0 Å². The molecule has 0 aromatic carbocycles. The molecular formula is C19H28O3. The Hall–Kier alpha value is -0.120. The maximum Gasteiger partial charge on any atom is 0.166 e. The summed E-state index contributed by atoms with van der Waals surface area (Å²) in [5.74, 6) is 1.57. The molecule has 0 aromatic rings. The molecule has 2 heterocycles. The zero-order chi connectivity index (χ0) is 15.0. The summed E-state index contributed by atoms with van der Waals surface area (Å²) in [6.45, 7) is 2.36. The average molecular weight is 304 g/mol. The molecule has 2 aliphatic heterocycles. The van der Waals surface area contributed by atoms with Crippen molar-refractivity contribution in [2.45, 2.75) is 82.7 Å². The molecule has 3 heteroatoms. The van der Waals surface area contributed by atoms with E-state index in [0.29, 0.717) is 16.9 Å². The van der Waals surface area contributed by atoms with Gasteiger partial charge in [0.25, 0.3) is 0 Å². The lowest BCUT2D eigenvalue weighted by molar-refractivity contribution is -0.250. The predicted octanol–water partition coefficient (Wildman–Crippen LogP) is 2.84. The van der Waals surface area contributed by atoms with Gasteiger partial charge >= 0.3 is 0 Å². The first-order valence-corrected chi connectivity index (χ1v) is 9.54. The van der Waals surface area contributed by atoms with E-state index in [1.54, 1.807) is 0 Å². The molecule has 2 spiro atoms. The largest absolute Gasteiger partial charge is 0.393 e. The Morgan fingerprint density at radius 2 is 1.82 bits per heavy atom. The molecule has 2 saturated heterocycles. The third kappa shape index (κ3) is 1.11. The number of ether oxygens (including phenoxy) is 1. The first kappa shape index (κ1) is 13.2. The Labute approximate surface area is 132 Å². The molecule has 7 aliphatic rings. The van der Waals surface area contributed by atoms with Gasteiger partial charge in [-0.05, 0) is 68.1 Å². The number of hydrogen-bond donors (Lipinski definition) is 2. The fraction of sp³-hybridized carbons (Fsp3) is 1.00. The van der Waals surface area contributed by atoms with E-state index in [1.165, 1.54) is 38.5 Å². The molecule has 2 N–H and O–H groups in total. The van der Waals surface area contributed by atoms with Crippen molar-refractivity contribution in [1.29, 1.82) is 0 Å². The molecule has 5 aliphatic carbocycles. The van der Waals surface area contributed by atoms with Gasteiger partial charge in [0.05, 0.1) is 12.2 Å². The van der Waals surface area contributed by atoms with Gasteiger partial charge in [-0.1, -0.05) is 6.92 Å². The van der Waals surface area contributed by atoms with Crippen molar-refractivity contribution in [1.82, 2.24) is 0 Å². The van der Waals surface area contributed by atoms with Crippen LogP contribution in [0.3, 0.4) is 0 Å². The number of fused-ring (bicyclic) bond motifs is 4. The van der Waals surface area contributed by atoms with Crippen LogP contribution in [0.1, 0.15) is 64.7 Å². The Kier molecular flexibility index (Phi) is 2.07. The molecule has 9 atom stereocenters. The van der Waals surface area contributed by atoms with E-state index in [0.717, 1.165) is 37.0 Å². The first-order valence-electron chi connectivity index (χ1n) is 9.54. The summed E-state index contributed by atoms with van der Waals surface area (Å²) in [5.41, 5.74) is 0.934. The average Bonchev–Trinajstić information content (AvgIpc) is 2.76. The van der Waals surface area contributed by atoms with Crippen LogP contribution in [0, 0.1) is 34.0 Å². The van der Waals surface area contributed by atoms with E-state index in [-0.39, 0.29) is 11.5 Å². The summed E-state index contributed by atoms with van der Waals surface area (Å²) in [6.07, 6.45) is 10.6. The molecule has 0 unspecified atom stereocenters. The van der Waals surface area contributed by atoms with Crippen molar-refractivity contribution in [3.05, 3.63) is 0 Å². The third-order valence-electron chi connectivity index (χ3n) is 9.64. The second-order valence-electron chi connectivity index (χ2n) is 9.87. The highest BCUT2D eigenvalue weighted by Gasteiger charge is 2.89. The van der Waals surface area contributed by atoms with Gasteiger partial charge in [0, 0.05) is 23.7 Å². The van der Waals surface area contributed by atoms with Crippen LogP contribution in [0.5, 0.6) is 0 Å². The third-order valence-corrected chi connectivity index (χ3v) is 9.64. The lowest BCUT2D eigenvalue weighted by Gasteiger charge is -2.56. The van der Waals surface area contributed by atoms with Gasteiger partial charge in [0.15, 0.2) is 5.79 Å². The van der Waals surface area contributed by atoms with E-state index in [9.17, 15) is 10.2 Å². The minimum Gasteiger partial charge on any atom is -0.393 e. The van der Waals surface area contributed by atoms with Gasteiger partial charge in [-0.3, -0.25) is 0 Å². The monoisotopic (exact) mass is 304 g/mol. The standard InChI is InChI=1S/C19H28O3/c1-16-6-5-13-11(12(16)2-3-14(16)20)4-7-17-10-18(21)8-9-19(13,17)15(17)22-18/h11-15,20-21H,2-10H2,1H3/t11-,12-,13-,14-,15-,16-,17-,18+,19-/m0/s1. The van der Waals surface area contributed by atoms with E-state index in [2.05, 4.69) is 6.92 Å². The summed E-state index contributed by atoms with van der Waals surface area (Å²) >= 11 is 0. The van der Waals surface area contributed by atoms with Gasteiger partial charge in [-0.25, -0.2) is 0 Å². The van der Waals surface area contributed by atoms with Gasteiger partial charge in [-0.2, -0.15) is 0 Å². The lowest BCUT2D eigenvalue weighted by atomic mass is 9.50. The van der Waals surface area contributed by atoms with Crippen LogP contribution >= 0.6 is 0 Å². The minimum absolute atomic E-state index is 0.0711. The highest BCUT2D eigenvalue weighted by Crippen LogP contribution is 2.88. The summed E-state index contributed by atoms with van der Waals surface area (Å²) in [6, 6.07) is 0. The van der Waals surface area contributed by atoms with E-state index in [4.69, 9.17) is 4.74 Å². The Morgan fingerprint density at radius 1 is 0.955 bits per heavy atom. The highest BCUT2D eigenvalue weighted by atomic mass is 16.6. The fourth-order valence-electron chi connectivity index (χ4n) is 8.74. The minimum atomic E-state index is -0.772. The smallest absolute Gasteiger partial charge is 0.166 e. The molecule has 0 aromatic heterocycles. The maximum atomic E-state index is 10.5. The molecule has 122 valence electrons. The molecule has 22 heavy (non-hydrogen) atoms. The predicted molar refractivity (Wildman–Crippen MR) is 80.8 cm³/mol. The molecule has 7 rings (SSSR count). The second kappa shape index (κ2) is 3.45. The van der Waals surface area contributed by atoms with Crippen molar-refractivity contribution in [3.8, 4) is 0 Å². The first-order chi connectivity index (χ1) is 10.5. The van der Waals surface area contributed by atoms with Crippen molar-refractivity contribution >= 4 is 0 Å². The zero-order valence-electron chi connectivity index (χ0n) is 13.6. The Balaban J connectivity index is 1.39. The van der Waals surface area contributed by atoms with Crippen LogP contribution in [0.2, 0.25) is 0 Å². The van der Waals surface area contributed by atoms with Crippen LogP contribution in [0.15, 0.2) is 0 Å². The quantitative estimate of drug-likeness (QED) is 0.723. The van der Waals surface area contributed by atoms with Gasteiger partial charge < -0.3 is 14.9 Å². The van der Waals surface area contributed by atoms with E-state index < -0.39 is 5.79 Å². The van der Waals surface area contributed by atoms with Crippen molar-refractivity contribution in [2.75, 3.05) is 0 Å². The molecular weight excluding hydrogens is 276 g/mol. The molecule has 5 saturated carbocycles. The van der Waals surface area contributed by atoms with Crippen LogP contribution in [-0.2, 0) is 4.74 Å². The summed E-state index contributed by atoms with van der Waals surface area (Å²) < 4.78 is 6.16. The van der Waals surface area contributed by atoms with Crippen molar-refractivity contribution in [3.63, 3.8) is 0 Å². The molecule has 3 nitrogen and oxygen atoms in total. The Morgan fingerprint density at radius 3 is 2.68 bits per heavy atom. The van der Waals surface area contributed by atoms with Crippen LogP contribution in [0.25, 0.3) is 0 Å². The maximum absolute atomic E-state index is 10.5. The normalized spacial score (nSPS) is 70.8. The number of aliphatic hydroxyl groups is 2. The summed E-state index contributed by atoms with van der Waals surface area (Å²) in [4.78, 5) is 0. The zero-order valence-corrected chi connectivity index (χ0v) is 13.6. The highest BCUT2D eigenvalue weighted by molar-refractivity contribution is 5.35.